The van der Waals surface area contributed by atoms with Gasteiger partial charge in [0.1, 0.15) is 11.0 Å². The number of nitrogens with zero attached hydrogens (tertiary/aromatic N) is 2. The van der Waals surface area contributed by atoms with Crippen molar-refractivity contribution in [3.63, 3.8) is 0 Å². The van der Waals surface area contributed by atoms with Crippen molar-refractivity contribution in [1.82, 2.24) is 15.3 Å². The van der Waals surface area contributed by atoms with E-state index in [2.05, 4.69) is 15.3 Å². The number of rotatable bonds is 4. The van der Waals surface area contributed by atoms with Crippen LogP contribution in [0, 0.1) is 0 Å². The van der Waals surface area contributed by atoms with E-state index in [1.807, 2.05) is 5.32 Å². The summed E-state index contributed by atoms with van der Waals surface area (Å²) in [7, 11) is 0. The average Bonchev–Trinajstić information content (AvgIpc) is 2.12. The van der Waals surface area contributed by atoms with E-state index in [0.29, 0.717) is 0 Å². The highest BCUT2D eigenvalue weighted by Gasteiger charge is 2.26. The standard InChI is InChI=1S/C8H7Cl2F3N4O/c9-4-1-5(17-7(10)15-4)16-6(18)2-14-3-8(11,12)13/h1,14H,2-3H2,(H,15,16,17,18). The first kappa shape index (κ1) is 14.9. The molecule has 0 aliphatic rings. The van der Waals surface area contributed by atoms with Crippen LogP contribution >= 0.6 is 23.2 Å². The number of hydrogen-bond donors (Lipinski definition) is 2. The Morgan fingerprint density at radius 3 is 2.56 bits per heavy atom. The number of hydrogen-bond acceptors (Lipinski definition) is 4. The summed E-state index contributed by atoms with van der Waals surface area (Å²) in [6.45, 7) is -1.77. The van der Waals surface area contributed by atoms with E-state index in [4.69, 9.17) is 23.2 Å². The molecule has 0 fully saturated rings. The molecule has 1 aromatic rings. The summed E-state index contributed by atoms with van der Waals surface area (Å²) in [6.07, 6.45) is -4.37. The maximum Gasteiger partial charge on any atom is 0.401 e. The molecule has 0 radical (unpaired) electrons. The van der Waals surface area contributed by atoms with Crippen molar-refractivity contribution in [2.75, 3.05) is 18.4 Å². The Hall–Kier alpha value is -1.12. The SMILES string of the molecule is O=C(CNCC(F)(F)F)Nc1cc(Cl)nc(Cl)n1. The molecule has 2 N–H and O–H groups in total. The van der Waals surface area contributed by atoms with E-state index in [9.17, 15) is 18.0 Å². The Bertz CT molecular complexity index is 421. The predicted molar refractivity (Wildman–Crippen MR) is 59.6 cm³/mol. The quantitative estimate of drug-likeness (QED) is 0.658. The van der Waals surface area contributed by atoms with Crippen LogP contribution in [0.25, 0.3) is 0 Å². The van der Waals surface area contributed by atoms with Gasteiger partial charge < -0.3 is 10.6 Å². The fourth-order valence-corrected chi connectivity index (χ4v) is 1.37. The summed E-state index contributed by atoms with van der Waals surface area (Å²) in [4.78, 5) is 18.4. The summed E-state index contributed by atoms with van der Waals surface area (Å²) in [5.41, 5.74) is 0. The molecule has 18 heavy (non-hydrogen) atoms. The van der Waals surface area contributed by atoms with Crippen LogP contribution in [0.2, 0.25) is 10.4 Å². The lowest BCUT2D eigenvalue weighted by Crippen LogP contribution is -2.35. The fraction of sp³-hybridized carbons (Fsp3) is 0.375. The van der Waals surface area contributed by atoms with E-state index in [-0.39, 0.29) is 16.3 Å². The number of carbonyl (C=O) groups excluding carboxylic acids is 1. The Balaban J connectivity index is 2.45. The third-order valence-electron chi connectivity index (χ3n) is 1.55. The minimum absolute atomic E-state index is 0.00792. The molecule has 0 bridgehead atoms. The van der Waals surface area contributed by atoms with Gasteiger partial charge in [-0.1, -0.05) is 11.6 Å². The highest BCUT2D eigenvalue weighted by Crippen LogP contribution is 2.14. The fourth-order valence-electron chi connectivity index (χ4n) is 0.959. The van der Waals surface area contributed by atoms with Gasteiger partial charge in [0.05, 0.1) is 13.1 Å². The topological polar surface area (TPSA) is 66.9 Å². The summed E-state index contributed by atoms with van der Waals surface area (Å²) in [6, 6.07) is 1.22. The van der Waals surface area contributed by atoms with Crippen molar-refractivity contribution >= 4 is 34.9 Å². The predicted octanol–water partition coefficient (Wildman–Crippen LogP) is 1.87. The lowest BCUT2D eigenvalue weighted by Gasteiger charge is -2.08. The van der Waals surface area contributed by atoms with E-state index in [0.717, 1.165) is 0 Å². The lowest BCUT2D eigenvalue weighted by molar-refractivity contribution is -0.126. The third kappa shape index (κ3) is 5.99. The number of amides is 1. The Labute approximate surface area is 110 Å². The van der Waals surface area contributed by atoms with Crippen molar-refractivity contribution in [1.29, 1.82) is 0 Å². The van der Waals surface area contributed by atoms with Crippen LogP contribution in [0.3, 0.4) is 0 Å². The monoisotopic (exact) mass is 302 g/mol. The molecule has 1 heterocycles. The summed E-state index contributed by atoms with van der Waals surface area (Å²) >= 11 is 11.0. The molecule has 0 aromatic carbocycles. The largest absolute Gasteiger partial charge is 0.401 e. The van der Waals surface area contributed by atoms with Crippen LogP contribution in [0.15, 0.2) is 6.07 Å². The van der Waals surface area contributed by atoms with Gasteiger partial charge in [0.2, 0.25) is 11.2 Å². The Morgan fingerprint density at radius 1 is 1.33 bits per heavy atom. The van der Waals surface area contributed by atoms with Gasteiger partial charge in [-0.2, -0.15) is 13.2 Å². The zero-order valence-electron chi connectivity index (χ0n) is 8.68. The summed E-state index contributed by atoms with van der Waals surface area (Å²) < 4.78 is 35.4. The van der Waals surface area contributed by atoms with E-state index in [1.54, 1.807) is 0 Å². The van der Waals surface area contributed by atoms with Gasteiger partial charge in [0.25, 0.3) is 0 Å². The number of alkyl halides is 3. The molecule has 0 spiro atoms. The van der Waals surface area contributed by atoms with Gasteiger partial charge in [0.15, 0.2) is 0 Å². The summed E-state index contributed by atoms with van der Waals surface area (Å²) in [5.74, 6) is -0.691. The smallest absolute Gasteiger partial charge is 0.309 e. The van der Waals surface area contributed by atoms with Crippen molar-refractivity contribution < 1.29 is 18.0 Å². The van der Waals surface area contributed by atoms with Crippen LogP contribution in [0.1, 0.15) is 0 Å². The van der Waals surface area contributed by atoms with Gasteiger partial charge in [-0.25, -0.2) is 9.97 Å². The average molecular weight is 303 g/mol. The summed E-state index contributed by atoms with van der Waals surface area (Å²) in [5, 5.41) is 3.98. The minimum Gasteiger partial charge on any atom is -0.309 e. The van der Waals surface area contributed by atoms with Crippen molar-refractivity contribution in [2.45, 2.75) is 6.18 Å². The number of aromatic nitrogens is 2. The zero-order valence-corrected chi connectivity index (χ0v) is 10.2. The molecule has 1 amide bonds. The molecular weight excluding hydrogens is 296 g/mol. The van der Waals surface area contributed by atoms with Gasteiger partial charge >= 0.3 is 6.18 Å². The maximum absolute atomic E-state index is 11.8. The zero-order chi connectivity index (χ0) is 13.8. The maximum atomic E-state index is 11.8. The van der Waals surface area contributed by atoms with Crippen molar-refractivity contribution in [3.8, 4) is 0 Å². The van der Waals surface area contributed by atoms with Crippen LogP contribution in [-0.4, -0.2) is 35.1 Å². The number of halogens is 5. The van der Waals surface area contributed by atoms with E-state index >= 15 is 0 Å². The van der Waals surface area contributed by atoms with Crippen molar-refractivity contribution in [2.24, 2.45) is 0 Å². The van der Waals surface area contributed by atoms with Crippen molar-refractivity contribution in [3.05, 3.63) is 16.5 Å². The molecule has 100 valence electrons. The second-order valence-corrected chi connectivity index (χ2v) is 3.84. The number of carbonyl (C=O) groups is 1. The molecule has 1 aromatic heterocycles. The first-order chi connectivity index (χ1) is 8.26. The normalized spacial score (nSPS) is 11.4. The van der Waals surface area contributed by atoms with Crippen LogP contribution in [0.5, 0.6) is 0 Å². The van der Waals surface area contributed by atoms with Gasteiger partial charge in [0, 0.05) is 6.07 Å². The molecule has 0 saturated heterocycles. The molecule has 0 aliphatic heterocycles. The molecule has 0 unspecified atom stereocenters. The van der Waals surface area contributed by atoms with Crippen LogP contribution in [0.4, 0.5) is 19.0 Å². The van der Waals surface area contributed by atoms with Gasteiger partial charge in [-0.05, 0) is 11.6 Å². The number of anilines is 1. The highest BCUT2D eigenvalue weighted by molar-refractivity contribution is 6.32. The lowest BCUT2D eigenvalue weighted by atomic mass is 10.5. The Morgan fingerprint density at radius 2 is 2.00 bits per heavy atom. The Kier molecular flexibility index (Phi) is 5.12. The van der Waals surface area contributed by atoms with Gasteiger partial charge in [-0.15, -0.1) is 0 Å². The molecule has 0 atom stereocenters. The first-order valence-corrected chi connectivity index (χ1v) is 5.29. The molecule has 10 heteroatoms. The molecule has 1 rings (SSSR count). The minimum atomic E-state index is -4.37. The molecule has 0 saturated carbocycles. The van der Waals surface area contributed by atoms with E-state index < -0.39 is 25.2 Å². The molecular formula is C8H7Cl2F3N4O. The molecule has 0 aliphatic carbocycles. The third-order valence-corrected chi connectivity index (χ3v) is 1.91. The first-order valence-electron chi connectivity index (χ1n) is 4.54. The van der Waals surface area contributed by atoms with Crippen LogP contribution < -0.4 is 10.6 Å². The number of nitrogens with one attached hydrogen (secondary N) is 2. The second kappa shape index (κ2) is 6.17. The second-order valence-electron chi connectivity index (χ2n) is 3.11. The van der Waals surface area contributed by atoms with E-state index in [1.165, 1.54) is 6.07 Å². The molecule has 5 nitrogen and oxygen atoms in total. The highest BCUT2D eigenvalue weighted by atomic mass is 35.5. The van der Waals surface area contributed by atoms with Crippen LogP contribution in [-0.2, 0) is 4.79 Å². The van der Waals surface area contributed by atoms with Gasteiger partial charge in [-0.3, -0.25) is 4.79 Å².